The first kappa shape index (κ1) is 10.4. The van der Waals surface area contributed by atoms with Gasteiger partial charge in [-0.25, -0.2) is 14.5 Å². The highest BCUT2D eigenvalue weighted by molar-refractivity contribution is 9.10. The molecule has 0 aliphatic heterocycles. The molecule has 0 N–H and O–H groups in total. The van der Waals surface area contributed by atoms with Gasteiger partial charge in [0.25, 0.3) is 0 Å². The average Bonchev–Trinajstić information content (AvgIpc) is 2.55. The first-order chi connectivity index (χ1) is 6.27. The fourth-order valence-corrected chi connectivity index (χ4v) is 1.47. The maximum absolute atomic E-state index is 5.74. The molecule has 13 heavy (non-hydrogen) atoms. The topological polar surface area (TPSA) is 43.1 Å². The number of halogens is 2. The highest BCUT2D eigenvalue weighted by Crippen LogP contribution is 2.14. The molecule has 2 aromatic heterocycles. The van der Waals surface area contributed by atoms with Crippen LogP contribution >= 0.6 is 27.5 Å². The van der Waals surface area contributed by atoms with Gasteiger partial charge in [0.1, 0.15) is 10.9 Å². The lowest BCUT2D eigenvalue weighted by molar-refractivity contribution is 0.937. The van der Waals surface area contributed by atoms with Crippen molar-refractivity contribution in [3.05, 3.63) is 22.3 Å². The summed E-state index contributed by atoms with van der Waals surface area (Å²) in [5.74, 6) is 0. The summed E-state index contributed by atoms with van der Waals surface area (Å²) in [4.78, 5) is 7.83. The van der Waals surface area contributed by atoms with Gasteiger partial charge in [-0.1, -0.05) is 25.4 Å². The molecule has 70 valence electrons. The van der Waals surface area contributed by atoms with Crippen LogP contribution in [-0.4, -0.2) is 19.6 Å². The van der Waals surface area contributed by atoms with Crippen LogP contribution < -0.4 is 0 Å². The van der Waals surface area contributed by atoms with E-state index in [0.29, 0.717) is 15.4 Å². The molecule has 6 heteroatoms. The van der Waals surface area contributed by atoms with E-state index in [2.05, 4.69) is 31.0 Å². The Labute approximate surface area is 89.1 Å². The molecular weight excluding hydrogens is 255 g/mol. The molecule has 0 amide bonds. The summed E-state index contributed by atoms with van der Waals surface area (Å²) in [5.41, 5.74) is 0.565. The molecule has 0 aliphatic rings. The van der Waals surface area contributed by atoms with Crippen molar-refractivity contribution in [2.24, 2.45) is 0 Å². The number of nitrogens with zero attached hydrogens (tertiary/aromatic N) is 4. The fraction of sp³-hybridized carbons (Fsp3) is 0.286. The molecule has 2 heterocycles. The summed E-state index contributed by atoms with van der Waals surface area (Å²) in [6, 6.07) is 0. The summed E-state index contributed by atoms with van der Waals surface area (Å²) < 4.78 is 2.19. The van der Waals surface area contributed by atoms with Gasteiger partial charge in [-0.2, -0.15) is 5.10 Å². The number of aromatic nitrogens is 4. The standard InChI is InChI=1S/C5H2BrClN4.C2H6/c6-3-1-11-5(4(7)10-3)8-2-9-11;1-2/h1-2H;1-2H3. The molecule has 0 saturated heterocycles. The van der Waals surface area contributed by atoms with Crippen molar-refractivity contribution in [1.29, 1.82) is 0 Å². The Bertz CT molecular complexity index is 400. The van der Waals surface area contributed by atoms with E-state index in [1.807, 2.05) is 13.8 Å². The number of rotatable bonds is 0. The Balaban J connectivity index is 0.000000396. The first-order valence-corrected chi connectivity index (χ1v) is 4.96. The van der Waals surface area contributed by atoms with E-state index in [0.717, 1.165) is 0 Å². The molecule has 0 fully saturated rings. The minimum absolute atomic E-state index is 0.344. The molecule has 0 unspecified atom stereocenters. The summed E-state index contributed by atoms with van der Waals surface area (Å²) in [5, 5.41) is 4.24. The molecular formula is C7H8BrClN4. The molecule has 0 aliphatic carbocycles. The lowest BCUT2D eigenvalue weighted by Crippen LogP contribution is -1.90. The van der Waals surface area contributed by atoms with E-state index in [-0.39, 0.29) is 0 Å². The minimum Gasteiger partial charge on any atom is -0.224 e. The Kier molecular flexibility index (Phi) is 3.62. The van der Waals surface area contributed by atoms with Gasteiger partial charge in [-0.15, -0.1) is 0 Å². The fourth-order valence-electron chi connectivity index (χ4n) is 0.766. The van der Waals surface area contributed by atoms with Gasteiger partial charge >= 0.3 is 0 Å². The Morgan fingerprint density at radius 2 is 2.15 bits per heavy atom. The summed E-state index contributed by atoms with van der Waals surface area (Å²) in [6.07, 6.45) is 3.11. The Hall–Kier alpha value is -0.680. The zero-order valence-corrected chi connectivity index (χ0v) is 9.54. The average molecular weight is 264 g/mol. The van der Waals surface area contributed by atoms with E-state index in [1.54, 1.807) is 10.7 Å². The normalized spacial score (nSPS) is 9.54. The van der Waals surface area contributed by atoms with Crippen LogP contribution in [0.3, 0.4) is 0 Å². The van der Waals surface area contributed by atoms with Crippen LogP contribution in [0, 0.1) is 0 Å². The molecule has 2 rings (SSSR count). The third-order valence-corrected chi connectivity index (χ3v) is 1.83. The molecule has 0 saturated carbocycles. The van der Waals surface area contributed by atoms with Gasteiger partial charge in [0.15, 0.2) is 10.8 Å². The lowest BCUT2D eigenvalue weighted by Gasteiger charge is -1.93. The van der Waals surface area contributed by atoms with Crippen LogP contribution in [0.1, 0.15) is 13.8 Å². The zero-order valence-electron chi connectivity index (χ0n) is 7.20. The highest BCUT2D eigenvalue weighted by Gasteiger charge is 2.02. The van der Waals surface area contributed by atoms with Gasteiger partial charge in [0.05, 0.1) is 6.20 Å². The van der Waals surface area contributed by atoms with Crippen molar-refractivity contribution in [2.75, 3.05) is 0 Å². The van der Waals surface area contributed by atoms with Gasteiger partial charge in [-0.3, -0.25) is 0 Å². The van der Waals surface area contributed by atoms with E-state index in [9.17, 15) is 0 Å². The van der Waals surface area contributed by atoms with Crippen molar-refractivity contribution in [3.63, 3.8) is 0 Å². The van der Waals surface area contributed by atoms with Crippen molar-refractivity contribution >= 4 is 33.2 Å². The smallest absolute Gasteiger partial charge is 0.193 e. The van der Waals surface area contributed by atoms with Crippen molar-refractivity contribution in [3.8, 4) is 0 Å². The van der Waals surface area contributed by atoms with Gasteiger partial charge in [0.2, 0.25) is 0 Å². The number of hydrogen-bond acceptors (Lipinski definition) is 3. The highest BCUT2D eigenvalue weighted by atomic mass is 79.9. The van der Waals surface area contributed by atoms with E-state index in [4.69, 9.17) is 11.6 Å². The maximum atomic E-state index is 5.74. The molecule has 0 aromatic carbocycles. The molecule has 0 radical (unpaired) electrons. The van der Waals surface area contributed by atoms with Crippen LogP contribution in [0.4, 0.5) is 0 Å². The summed E-state index contributed by atoms with van der Waals surface area (Å²) >= 11 is 8.92. The number of fused-ring (bicyclic) bond motifs is 1. The van der Waals surface area contributed by atoms with E-state index in [1.165, 1.54) is 6.33 Å². The second-order valence-electron chi connectivity index (χ2n) is 1.88. The molecule has 0 atom stereocenters. The number of hydrogen-bond donors (Lipinski definition) is 0. The van der Waals surface area contributed by atoms with Gasteiger partial charge in [-0.05, 0) is 15.9 Å². The predicted octanol–water partition coefficient (Wildman–Crippen LogP) is 2.57. The minimum atomic E-state index is 0.344. The third-order valence-electron chi connectivity index (χ3n) is 1.19. The lowest BCUT2D eigenvalue weighted by atomic mass is 10.7. The summed E-state index contributed by atoms with van der Waals surface area (Å²) in [7, 11) is 0. The van der Waals surface area contributed by atoms with Crippen LogP contribution in [0.2, 0.25) is 5.15 Å². The van der Waals surface area contributed by atoms with Gasteiger partial charge < -0.3 is 0 Å². The van der Waals surface area contributed by atoms with Crippen molar-refractivity contribution in [1.82, 2.24) is 19.6 Å². The molecule has 0 bridgehead atoms. The van der Waals surface area contributed by atoms with Gasteiger partial charge in [0, 0.05) is 0 Å². The molecule has 4 nitrogen and oxygen atoms in total. The van der Waals surface area contributed by atoms with E-state index < -0.39 is 0 Å². The largest absolute Gasteiger partial charge is 0.224 e. The molecule has 0 spiro atoms. The van der Waals surface area contributed by atoms with Crippen molar-refractivity contribution in [2.45, 2.75) is 13.8 Å². The molecule has 2 aromatic rings. The third kappa shape index (κ3) is 2.16. The van der Waals surface area contributed by atoms with Crippen LogP contribution in [0.25, 0.3) is 5.65 Å². The second kappa shape index (κ2) is 4.53. The quantitative estimate of drug-likeness (QED) is 0.734. The Morgan fingerprint density at radius 3 is 2.85 bits per heavy atom. The zero-order chi connectivity index (χ0) is 9.84. The second-order valence-corrected chi connectivity index (χ2v) is 3.05. The van der Waals surface area contributed by atoms with Crippen LogP contribution in [0.15, 0.2) is 17.1 Å². The predicted molar refractivity (Wildman–Crippen MR) is 54.8 cm³/mol. The maximum Gasteiger partial charge on any atom is 0.193 e. The van der Waals surface area contributed by atoms with Crippen molar-refractivity contribution < 1.29 is 0 Å². The van der Waals surface area contributed by atoms with Crippen LogP contribution in [-0.2, 0) is 0 Å². The van der Waals surface area contributed by atoms with Crippen LogP contribution in [0.5, 0.6) is 0 Å². The monoisotopic (exact) mass is 262 g/mol. The first-order valence-electron chi connectivity index (χ1n) is 3.79. The Morgan fingerprint density at radius 1 is 1.46 bits per heavy atom. The SMILES string of the molecule is CC.Clc1nc(Br)cn2ncnc12. The summed E-state index contributed by atoms with van der Waals surface area (Å²) in [6.45, 7) is 4.00. The van der Waals surface area contributed by atoms with E-state index >= 15 is 0 Å².